The molecule has 1 fully saturated rings. The maximum atomic E-state index is 14.0. The lowest BCUT2D eigenvalue weighted by Crippen LogP contribution is -2.44. The number of fused-ring (bicyclic) bond motifs is 6. The topological polar surface area (TPSA) is 56.1 Å². The number of hydrogen-bond acceptors (Lipinski definition) is 3. The molecule has 3 N–H and O–H groups in total. The molecule has 6 rings (SSSR count). The lowest BCUT2D eigenvalue weighted by Gasteiger charge is -2.27. The summed E-state index contributed by atoms with van der Waals surface area (Å²) in [5.74, 6) is 0.107. The largest absolute Gasteiger partial charge is 0.488 e. The molecule has 0 bridgehead atoms. The van der Waals surface area contributed by atoms with Crippen LogP contribution in [0.15, 0.2) is 42.5 Å². The normalized spacial score (nSPS) is 15.5. The van der Waals surface area contributed by atoms with E-state index in [0.29, 0.717) is 12.4 Å². The van der Waals surface area contributed by atoms with Gasteiger partial charge in [0.25, 0.3) is 0 Å². The number of nitrogens with one attached hydrogen (secondary N) is 3. The van der Waals surface area contributed by atoms with Gasteiger partial charge in [-0.15, -0.1) is 0 Å². The van der Waals surface area contributed by atoms with Gasteiger partial charge in [0.1, 0.15) is 18.2 Å². The Bertz CT molecular complexity index is 1340. The molecule has 0 unspecified atom stereocenters. The fourth-order valence-corrected chi connectivity index (χ4v) is 4.65. The fourth-order valence-electron chi connectivity index (χ4n) is 4.65. The Balaban J connectivity index is 1.53. The van der Waals surface area contributed by atoms with E-state index in [1.54, 1.807) is 12.1 Å². The number of benzene rings is 3. The Labute approximate surface area is 177 Å². The van der Waals surface area contributed by atoms with Gasteiger partial charge in [-0.3, -0.25) is 4.90 Å². The van der Waals surface area contributed by atoms with E-state index in [9.17, 15) is 8.78 Å². The van der Waals surface area contributed by atoms with Crippen molar-refractivity contribution in [3.8, 4) is 5.75 Å². The SMILES string of the molecule is Fc1ccc2[nH]c3c(OCCN4CCNCC4)c4[nH]c5ccc(F)cc5c4cc3c2c1. The molecule has 5 aromatic rings. The zero-order valence-electron chi connectivity index (χ0n) is 16.9. The zero-order chi connectivity index (χ0) is 20.9. The van der Waals surface area contributed by atoms with E-state index in [-0.39, 0.29) is 11.6 Å². The van der Waals surface area contributed by atoms with Crippen LogP contribution in [0.4, 0.5) is 8.78 Å². The molecule has 0 aliphatic carbocycles. The van der Waals surface area contributed by atoms with E-state index < -0.39 is 0 Å². The van der Waals surface area contributed by atoms with Crippen LogP contribution in [0.25, 0.3) is 43.6 Å². The molecule has 0 saturated carbocycles. The summed E-state index contributed by atoms with van der Waals surface area (Å²) in [6.07, 6.45) is 0. The third-order valence-electron chi connectivity index (χ3n) is 6.21. The van der Waals surface area contributed by atoms with Gasteiger partial charge in [-0.1, -0.05) is 0 Å². The van der Waals surface area contributed by atoms with Crippen LogP contribution in [0.3, 0.4) is 0 Å². The monoisotopic (exact) mass is 420 g/mol. The van der Waals surface area contributed by atoms with Crippen LogP contribution in [0.1, 0.15) is 0 Å². The summed E-state index contributed by atoms with van der Waals surface area (Å²) in [4.78, 5) is 9.17. The molecule has 31 heavy (non-hydrogen) atoms. The number of rotatable bonds is 4. The molecule has 7 heteroatoms. The number of ether oxygens (including phenoxy) is 1. The highest BCUT2D eigenvalue weighted by Gasteiger charge is 2.19. The number of nitrogens with zero attached hydrogens (tertiary/aromatic N) is 1. The van der Waals surface area contributed by atoms with Crippen molar-refractivity contribution in [2.45, 2.75) is 0 Å². The lowest BCUT2D eigenvalue weighted by molar-refractivity contribution is 0.193. The lowest BCUT2D eigenvalue weighted by atomic mass is 10.1. The summed E-state index contributed by atoms with van der Waals surface area (Å²) in [6.45, 7) is 5.33. The van der Waals surface area contributed by atoms with Crippen LogP contribution in [-0.4, -0.2) is 54.2 Å². The van der Waals surface area contributed by atoms with Crippen LogP contribution >= 0.6 is 0 Å². The highest BCUT2D eigenvalue weighted by Crippen LogP contribution is 2.41. The van der Waals surface area contributed by atoms with Gasteiger partial charge in [-0.25, -0.2) is 8.78 Å². The first-order chi connectivity index (χ1) is 15.2. The molecular formula is C24H22F2N4O. The van der Waals surface area contributed by atoms with Crippen molar-refractivity contribution in [1.29, 1.82) is 0 Å². The Kier molecular flexibility index (Phi) is 4.33. The van der Waals surface area contributed by atoms with E-state index in [1.807, 2.05) is 6.07 Å². The Morgan fingerprint density at radius 3 is 1.94 bits per heavy atom. The van der Waals surface area contributed by atoms with Gasteiger partial charge in [0.15, 0.2) is 5.75 Å². The summed E-state index contributed by atoms with van der Waals surface area (Å²) >= 11 is 0. The first-order valence-corrected chi connectivity index (χ1v) is 10.6. The molecule has 0 radical (unpaired) electrons. The van der Waals surface area contributed by atoms with Gasteiger partial charge in [-0.05, 0) is 42.5 Å². The average molecular weight is 420 g/mol. The molecule has 0 spiro atoms. The van der Waals surface area contributed by atoms with Crippen LogP contribution in [0.5, 0.6) is 5.75 Å². The van der Waals surface area contributed by atoms with Crippen molar-refractivity contribution >= 4 is 43.6 Å². The first-order valence-electron chi connectivity index (χ1n) is 10.6. The molecule has 0 amide bonds. The van der Waals surface area contributed by atoms with E-state index in [1.165, 1.54) is 24.3 Å². The van der Waals surface area contributed by atoms with Gasteiger partial charge >= 0.3 is 0 Å². The predicted octanol–water partition coefficient (Wildman–Crippen LogP) is 4.52. The van der Waals surface area contributed by atoms with Gasteiger partial charge in [0, 0.05) is 65.3 Å². The second kappa shape index (κ2) is 7.21. The maximum absolute atomic E-state index is 14.0. The Hall–Kier alpha value is -3.16. The average Bonchev–Trinajstić information content (AvgIpc) is 3.32. The molecule has 158 valence electrons. The molecule has 0 atom stereocenters. The maximum Gasteiger partial charge on any atom is 0.167 e. The second-order valence-corrected chi connectivity index (χ2v) is 8.12. The summed E-state index contributed by atoms with van der Waals surface area (Å²) in [6, 6.07) is 11.4. The molecule has 1 saturated heterocycles. The minimum atomic E-state index is -0.292. The molecule has 2 aromatic heterocycles. The van der Waals surface area contributed by atoms with Crippen molar-refractivity contribution < 1.29 is 13.5 Å². The van der Waals surface area contributed by atoms with Gasteiger partial charge in [-0.2, -0.15) is 0 Å². The summed E-state index contributed by atoms with van der Waals surface area (Å²) in [7, 11) is 0. The summed E-state index contributed by atoms with van der Waals surface area (Å²) < 4.78 is 34.3. The molecule has 5 nitrogen and oxygen atoms in total. The van der Waals surface area contributed by atoms with Crippen LogP contribution in [-0.2, 0) is 0 Å². The van der Waals surface area contributed by atoms with Gasteiger partial charge in [0.2, 0.25) is 0 Å². The van der Waals surface area contributed by atoms with Crippen molar-refractivity contribution in [3.05, 3.63) is 54.1 Å². The number of hydrogen-bond donors (Lipinski definition) is 3. The summed E-state index contributed by atoms with van der Waals surface area (Å²) in [5, 5.41) is 6.66. The Morgan fingerprint density at radius 2 is 1.35 bits per heavy atom. The van der Waals surface area contributed by atoms with Crippen molar-refractivity contribution in [1.82, 2.24) is 20.2 Å². The molecular weight excluding hydrogens is 398 g/mol. The minimum Gasteiger partial charge on any atom is -0.488 e. The quantitative estimate of drug-likeness (QED) is 0.401. The van der Waals surface area contributed by atoms with Gasteiger partial charge < -0.3 is 20.0 Å². The fraction of sp³-hybridized carbons (Fsp3) is 0.250. The number of halogens is 2. The third kappa shape index (κ3) is 3.12. The highest BCUT2D eigenvalue weighted by atomic mass is 19.1. The zero-order valence-corrected chi connectivity index (χ0v) is 16.9. The molecule has 3 heterocycles. The molecule has 1 aliphatic rings. The van der Waals surface area contributed by atoms with Crippen molar-refractivity contribution in [2.24, 2.45) is 0 Å². The van der Waals surface area contributed by atoms with Crippen LogP contribution in [0, 0.1) is 11.6 Å². The number of H-pyrrole nitrogens is 2. The predicted molar refractivity (Wildman–Crippen MR) is 120 cm³/mol. The number of aromatic amines is 2. The van der Waals surface area contributed by atoms with E-state index >= 15 is 0 Å². The standard InChI is InChI=1S/C24H22F2N4O/c25-14-1-3-20-16(11-14)18-13-19-17-12-15(26)2-4-21(17)29-23(19)24(22(18)28-20)31-10-9-30-7-5-27-6-8-30/h1-4,11-13,27-29H,5-10H2. The highest BCUT2D eigenvalue weighted by molar-refractivity contribution is 6.20. The van der Waals surface area contributed by atoms with Crippen LogP contribution in [0.2, 0.25) is 0 Å². The number of aromatic nitrogens is 2. The number of piperazine rings is 1. The van der Waals surface area contributed by atoms with E-state index in [2.05, 4.69) is 20.2 Å². The molecule has 1 aliphatic heterocycles. The first kappa shape index (κ1) is 18.6. The third-order valence-corrected chi connectivity index (χ3v) is 6.21. The van der Waals surface area contributed by atoms with Crippen LogP contribution < -0.4 is 10.1 Å². The van der Waals surface area contributed by atoms with E-state index in [0.717, 1.165) is 76.3 Å². The van der Waals surface area contributed by atoms with E-state index in [4.69, 9.17) is 4.74 Å². The summed E-state index contributed by atoms with van der Waals surface area (Å²) in [5.41, 5.74) is 3.32. The van der Waals surface area contributed by atoms with Gasteiger partial charge in [0.05, 0.1) is 11.0 Å². The Morgan fingerprint density at radius 1 is 0.774 bits per heavy atom. The minimum absolute atomic E-state index is 0.292. The molecule has 3 aromatic carbocycles. The smallest absolute Gasteiger partial charge is 0.167 e. The second-order valence-electron chi connectivity index (χ2n) is 8.12. The van der Waals surface area contributed by atoms with Crippen molar-refractivity contribution in [3.63, 3.8) is 0 Å². The van der Waals surface area contributed by atoms with Crippen molar-refractivity contribution in [2.75, 3.05) is 39.3 Å².